The Balaban J connectivity index is 1.51. The second-order valence-corrected chi connectivity index (χ2v) is 5.97. The SMILES string of the molecule is O=C(CCn1[nH]c(=O)c2ccccc2c1=O)Nc1ccc2oc(=O)[nH]c2c1. The number of aromatic amines is 2. The maximum Gasteiger partial charge on any atom is 0.417 e. The van der Waals surface area contributed by atoms with Gasteiger partial charge in [0.2, 0.25) is 5.91 Å². The first kappa shape index (κ1) is 16.6. The summed E-state index contributed by atoms with van der Waals surface area (Å²) in [5.74, 6) is -0.922. The Kier molecular flexibility index (Phi) is 3.96. The molecule has 2 heterocycles. The van der Waals surface area contributed by atoms with Gasteiger partial charge in [0.25, 0.3) is 11.1 Å². The van der Waals surface area contributed by atoms with E-state index in [4.69, 9.17) is 4.42 Å². The molecule has 2 aromatic heterocycles. The van der Waals surface area contributed by atoms with E-state index < -0.39 is 5.76 Å². The van der Waals surface area contributed by atoms with Crippen molar-refractivity contribution >= 4 is 33.5 Å². The molecule has 0 atom stereocenters. The molecular formula is C18H14N4O5. The van der Waals surface area contributed by atoms with Crippen molar-refractivity contribution in [2.75, 3.05) is 5.32 Å². The average molecular weight is 366 g/mol. The Bertz CT molecular complexity index is 1340. The van der Waals surface area contributed by atoms with Crippen LogP contribution < -0.4 is 22.2 Å². The molecule has 1 amide bonds. The van der Waals surface area contributed by atoms with Crippen LogP contribution in [0.15, 0.2) is 61.3 Å². The van der Waals surface area contributed by atoms with Gasteiger partial charge in [0.05, 0.1) is 22.8 Å². The Morgan fingerprint density at radius 1 is 1.07 bits per heavy atom. The van der Waals surface area contributed by atoms with Crippen LogP contribution >= 0.6 is 0 Å². The zero-order valence-electron chi connectivity index (χ0n) is 13.9. The van der Waals surface area contributed by atoms with Gasteiger partial charge in [-0.15, -0.1) is 0 Å². The third-order valence-electron chi connectivity index (χ3n) is 4.15. The zero-order valence-corrected chi connectivity index (χ0v) is 13.9. The second-order valence-electron chi connectivity index (χ2n) is 5.97. The lowest BCUT2D eigenvalue weighted by molar-refractivity contribution is -0.116. The van der Waals surface area contributed by atoms with Gasteiger partial charge in [0, 0.05) is 12.1 Å². The molecule has 0 spiro atoms. The van der Waals surface area contributed by atoms with E-state index in [1.54, 1.807) is 42.5 Å². The minimum Gasteiger partial charge on any atom is -0.408 e. The third-order valence-corrected chi connectivity index (χ3v) is 4.15. The number of H-pyrrole nitrogens is 2. The van der Waals surface area contributed by atoms with Gasteiger partial charge in [-0.05, 0) is 30.3 Å². The molecule has 9 nitrogen and oxygen atoms in total. The largest absolute Gasteiger partial charge is 0.417 e. The Hall–Kier alpha value is -3.88. The Morgan fingerprint density at radius 3 is 2.67 bits per heavy atom. The predicted octanol–water partition coefficient (Wildman–Crippen LogP) is 1.15. The molecular weight excluding hydrogens is 352 g/mol. The van der Waals surface area contributed by atoms with E-state index in [1.807, 2.05) is 0 Å². The van der Waals surface area contributed by atoms with Crippen LogP contribution in [0.25, 0.3) is 21.9 Å². The number of fused-ring (bicyclic) bond motifs is 2. The van der Waals surface area contributed by atoms with E-state index in [-0.39, 0.29) is 30.0 Å². The van der Waals surface area contributed by atoms with Gasteiger partial charge in [-0.3, -0.25) is 24.5 Å². The molecule has 136 valence electrons. The highest BCUT2D eigenvalue weighted by Crippen LogP contribution is 2.16. The van der Waals surface area contributed by atoms with Gasteiger partial charge in [-0.1, -0.05) is 12.1 Å². The number of oxazole rings is 1. The van der Waals surface area contributed by atoms with Gasteiger partial charge < -0.3 is 9.73 Å². The van der Waals surface area contributed by atoms with Gasteiger partial charge in [0.1, 0.15) is 0 Å². The second kappa shape index (κ2) is 6.45. The fraction of sp³-hybridized carbons (Fsp3) is 0.111. The fourth-order valence-corrected chi connectivity index (χ4v) is 2.87. The first-order valence-electron chi connectivity index (χ1n) is 8.16. The highest BCUT2D eigenvalue weighted by Gasteiger charge is 2.09. The number of nitrogens with one attached hydrogen (secondary N) is 3. The molecule has 0 aliphatic carbocycles. The standard InChI is InChI=1S/C18H14N4O5/c23-15(19-10-5-6-14-13(9-10)20-18(26)27-14)7-8-22-17(25)12-4-2-1-3-11(12)16(24)21-22/h1-6,9H,7-8H2,(H,19,23)(H,20,26)(H,21,24). The monoisotopic (exact) mass is 366 g/mol. The van der Waals surface area contributed by atoms with E-state index in [1.165, 1.54) is 0 Å². The number of carbonyl (C=O) groups excluding carboxylic acids is 1. The summed E-state index contributed by atoms with van der Waals surface area (Å²) in [6.07, 6.45) is -0.0197. The van der Waals surface area contributed by atoms with Crippen LogP contribution in [0.1, 0.15) is 6.42 Å². The number of nitrogens with zero attached hydrogens (tertiary/aromatic N) is 1. The van der Waals surface area contributed by atoms with Gasteiger partial charge >= 0.3 is 5.76 Å². The summed E-state index contributed by atoms with van der Waals surface area (Å²) in [5, 5.41) is 5.77. The fourth-order valence-electron chi connectivity index (χ4n) is 2.87. The first-order chi connectivity index (χ1) is 13.0. The molecule has 4 rings (SSSR count). The van der Waals surface area contributed by atoms with Crippen molar-refractivity contribution in [3.63, 3.8) is 0 Å². The molecule has 0 unspecified atom stereocenters. The van der Waals surface area contributed by atoms with Gasteiger partial charge in [0.15, 0.2) is 5.58 Å². The van der Waals surface area contributed by atoms with Gasteiger partial charge in [-0.25, -0.2) is 9.48 Å². The van der Waals surface area contributed by atoms with Crippen molar-refractivity contribution in [1.29, 1.82) is 0 Å². The molecule has 0 fully saturated rings. The Morgan fingerprint density at radius 2 is 1.85 bits per heavy atom. The normalized spacial score (nSPS) is 11.1. The summed E-state index contributed by atoms with van der Waals surface area (Å²) in [6.45, 7) is 0.0233. The lowest BCUT2D eigenvalue weighted by Gasteiger charge is -2.08. The lowest BCUT2D eigenvalue weighted by Crippen LogP contribution is -2.31. The number of anilines is 1. The summed E-state index contributed by atoms with van der Waals surface area (Å²) in [5.41, 5.74) is 0.574. The molecule has 0 bridgehead atoms. The smallest absolute Gasteiger partial charge is 0.408 e. The van der Waals surface area contributed by atoms with E-state index in [2.05, 4.69) is 15.4 Å². The van der Waals surface area contributed by atoms with Crippen molar-refractivity contribution in [1.82, 2.24) is 14.8 Å². The van der Waals surface area contributed by atoms with Crippen LogP contribution in [0.2, 0.25) is 0 Å². The van der Waals surface area contributed by atoms with Crippen molar-refractivity contribution in [2.45, 2.75) is 13.0 Å². The summed E-state index contributed by atoms with van der Waals surface area (Å²) in [6, 6.07) is 11.2. The van der Waals surface area contributed by atoms with Crippen molar-refractivity contribution in [3.05, 3.63) is 73.7 Å². The summed E-state index contributed by atoms with van der Waals surface area (Å²) in [7, 11) is 0. The minimum atomic E-state index is -0.576. The molecule has 0 saturated heterocycles. The number of hydrogen-bond acceptors (Lipinski definition) is 5. The number of aryl methyl sites for hydroxylation is 1. The molecule has 2 aromatic carbocycles. The maximum atomic E-state index is 12.4. The van der Waals surface area contributed by atoms with E-state index in [9.17, 15) is 19.2 Å². The molecule has 0 radical (unpaired) electrons. The molecule has 9 heteroatoms. The van der Waals surface area contributed by atoms with Crippen molar-refractivity contribution in [3.8, 4) is 0 Å². The van der Waals surface area contributed by atoms with Crippen LogP contribution in [0, 0.1) is 0 Å². The zero-order chi connectivity index (χ0) is 19.0. The highest BCUT2D eigenvalue weighted by molar-refractivity contribution is 5.92. The average Bonchev–Trinajstić information content (AvgIpc) is 3.03. The Labute approximate surface area is 150 Å². The predicted molar refractivity (Wildman–Crippen MR) is 98.9 cm³/mol. The summed E-state index contributed by atoms with van der Waals surface area (Å²) in [4.78, 5) is 50.3. The molecule has 4 aromatic rings. The number of hydrogen-bond donors (Lipinski definition) is 3. The van der Waals surface area contributed by atoms with Crippen LogP contribution in [-0.2, 0) is 11.3 Å². The molecule has 0 saturated carbocycles. The third kappa shape index (κ3) is 3.17. The summed E-state index contributed by atoms with van der Waals surface area (Å²) >= 11 is 0. The highest BCUT2D eigenvalue weighted by atomic mass is 16.4. The van der Waals surface area contributed by atoms with Crippen molar-refractivity contribution < 1.29 is 9.21 Å². The minimum absolute atomic E-state index is 0.0197. The quantitative estimate of drug-likeness (QED) is 0.499. The summed E-state index contributed by atoms with van der Waals surface area (Å²) < 4.78 is 6.02. The number of aromatic nitrogens is 3. The van der Waals surface area contributed by atoms with Crippen LogP contribution in [0.3, 0.4) is 0 Å². The van der Waals surface area contributed by atoms with E-state index in [0.717, 1.165) is 4.68 Å². The topological polar surface area (TPSA) is 130 Å². The molecule has 0 aliphatic rings. The lowest BCUT2D eigenvalue weighted by atomic mass is 10.2. The maximum absolute atomic E-state index is 12.4. The van der Waals surface area contributed by atoms with Crippen LogP contribution in [0.5, 0.6) is 0 Å². The number of carbonyl (C=O) groups is 1. The van der Waals surface area contributed by atoms with Gasteiger partial charge in [-0.2, -0.15) is 0 Å². The number of benzene rings is 2. The molecule has 0 aliphatic heterocycles. The van der Waals surface area contributed by atoms with Crippen LogP contribution in [-0.4, -0.2) is 20.7 Å². The van der Waals surface area contributed by atoms with E-state index in [0.29, 0.717) is 27.6 Å². The van der Waals surface area contributed by atoms with Crippen molar-refractivity contribution in [2.24, 2.45) is 0 Å². The molecule has 3 N–H and O–H groups in total. The van der Waals surface area contributed by atoms with E-state index >= 15 is 0 Å². The molecule has 27 heavy (non-hydrogen) atoms. The van der Waals surface area contributed by atoms with Crippen LogP contribution in [0.4, 0.5) is 5.69 Å². The first-order valence-corrected chi connectivity index (χ1v) is 8.16. The number of rotatable bonds is 4. The number of amides is 1.